The van der Waals surface area contributed by atoms with Gasteiger partial charge in [0.1, 0.15) is 0 Å². The summed E-state index contributed by atoms with van der Waals surface area (Å²) in [7, 11) is 1.60. The molecule has 0 spiro atoms. The van der Waals surface area contributed by atoms with Gasteiger partial charge in [-0.05, 0) is 13.0 Å². The maximum absolute atomic E-state index is 12.5. The molecule has 78 valence electrons. The highest BCUT2D eigenvalue weighted by molar-refractivity contribution is 5.52. The van der Waals surface area contributed by atoms with Crippen molar-refractivity contribution >= 4 is 5.69 Å². The second-order valence-corrected chi connectivity index (χ2v) is 2.90. The third-order valence-electron chi connectivity index (χ3n) is 1.99. The van der Waals surface area contributed by atoms with Crippen LogP contribution in [-0.2, 0) is 6.18 Å². The van der Waals surface area contributed by atoms with Crippen molar-refractivity contribution < 1.29 is 13.2 Å². The maximum Gasteiger partial charge on any atom is 0.418 e. The van der Waals surface area contributed by atoms with E-state index in [1.807, 2.05) is 0 Å². The van der Waals surface area contributed by atoms with Crippen molar-refractivity contribution in [1.29, 1.82) is 0 Å². The van der Waals surface area contributed by atoms with E-state index in [1.54, 1.807) is 14.0 Å². The van der Waals surface area contributed by atoms with Crippen LogP contribution in [-0.4, -0.2) is 18.6 Å². The molecule has 0 radical (unpaired) electrons. The van der Waals surface area contributed by atoms with Gasteiger partial charge in [0.25, 0.3) is 0 Å². The largest absolute Gasteiger partial charge is 0.418 e. The molecule has 0 saturated carbocycles. The summed E-state index contributed by atoms with van der Waals surface area (Å²) >= 11 is 0. The van der Waals surface area contributed by atoms with Crippen molar-refractivity contribution in [2.75, 3.05) is 18.5 Å². The number of nitrogens with zero attached hydrogens (tertiary/aromatic N) is 2. The Balaban J connectivity index is 3.16. The van der Waals surface area contributed by atoms with Gasteiger partial charge < -0.3 is 4.90 Å². The molecule has 0 aliphatic carbocycles. The lowest BCUT2D eigenvalue weighted by atomic mass is 10.2. The zero-order valence-corrected chi connectivity index (χ0v) is 7.97. The van der Waals surface area contributed by atoms with Crippen molar-refractivity contribution in [3.05, 3.63) is 24.0 Å². The summed E-state index contributed by atoms with van der Waals surface area (Å²) in [4.78, 5) is 5.20. The molecular weight excluding hydrogens is 193 g/mol. The molecule has 14 heavy (non-hydrogen) atoms. The Kier molecular flexibility index (Phi) is 2.98. The summed E-state index contributed by atoms with van der Waals surface area (Å²) < 4.78 is 37.5. The summed E-state index contributed by atoms with van der Waals surface area (Å²) in [5, 5.41) is 0. The molecule has 0 unspecified atom stereocenters. The smallest absolute Gasteiger partial charge is 0.373 e. The standard InChI is InChI=1S/C9H11F3N2/c1-3-14(2)8-6-13-5-4-7(8)9(10,11)12/h4-6H,3H2,1-2H3. The van der Waals surface area contributed by atoms with Crippen LogP contribution in [0.15, 0.2) is 18.5 Å². The minimum Gasteiger partial charge on any atom is -0.373 e. The SMILES string of the molecule is CCN(C)c1cnccc1C(F)(F)F. The predicted octanol–water partition coefficient (Wildman–Crippen LogP) is 2.56. The fourth-order valence-electron chi connectivity index (χ4n) is 1.10. The highest BCUT2D eigenvalue weighted by Gasteiger charge is 2.34. The van der Waals surface area contributed by atoms with Crippen molar-refractivity contribution in [1.82, 2.24) is 4.98 Å². The Morgan fingerprint density at radius 1 is 1.43 bits per heavy atom. The predicted molar refractivity (Wildman–Crippen MR) is 48.2 cm³/mol. The summed E-state index contributed by atoms with van der Waals surface area (Å²) in [6.07, 6.45) is -1.94. The first-order chi connectivity index (χ1) is 6.46. The zero-order valence-electron chi connectivity index (χ0n) is 7.97. The summed E-state index contributed by atoms with van der Waals surface area (Å²) in [5.74, 6) is 0. The van der Waals surface area contributed by atoms with E-state index in [0.29, 0.717) is 6.54 Å². The normalized spacial score (nSPS) is 11.5. The molecule has 5 heteroatoms. The highest BCUT2D eigenvalue weighted by atomic mass is 19.4. The molecule has 0 atom stereocenters. The van der Waals surface area contributed by atoms with E-state index in [2.05, 4.69) is 4.98 Å². The van der Waals surface area contributed by atoms with E-state index in [4.69, 9.17) is 0 Å². The molecule has 0 aromatic carbocycles. The molecule has 0 saturated heterocycles. The first kappa shape index (κ1) is 10.8. The molecule has 0 N–H and O–H groups in total. The number of halogens is 3. The van der Waals surface area contributed by atoms with Crippen molar-refractivity contribution in [3.63, 3.8) is 0 Å². The second kappa shape index (κ2) is 3.86. The van der Waals surface area contributed by atoms with E-state index in [1.165, 1.54) is 11.1 Å². The average molecular weight is 204 g/mol. The Bertz CT molecular complexity index is 309. The van der Waals surface area contributed by atoms with E-state index in [0.717, 1.165) is 12.3 Å². The van der Waals surface area contributed by atoms with Crippen LogP contribution in [0.2, 0.25) is 0 Å². The van der Waals surface area contributed by atoms with Crippen molar-refractivity contribution in [3.8, 4) is 0 Å². The number of aromatic nitrogens is 1. The third kappa shape index (κ3) is 2.16. The number of pyridine rings is 1. The highest BCUT2D eigenvalue weighted by Crippen LogP contribution is 2.35. The van der Waals surface area contributed by atoms with Crippen LogP contribution in [0.5, 0.6) is 0 Å². The lowest BCUT2D eigenvalue weighted by Gasteiger charge is -2.20. The van der Waals surface area contributed by atoms with Crippen LogP contribution in [0.25, 0.3) is 0 Å². The summed E-state index contributed by atoms with van der Waals surface area (Å²) in [6, 6.07) is 0.988. The Morgan fingerprint density at radius 3 is 2.57 bits per heavy atom. The van der Waals surface area contributed by atoms with Gasteiger partial charge in [0.05, 0.1) is 17.4 Å². The molecule has 2 nitrogen and oxygen atoms in total. The average Bonchev–Trinajstić information content (AvgIpc) is 2.15. The second-order valence-electron chi connectivity index (χ2n) is 2.90. The third-order valence-corrected chi connectivity index (χ3v) is 1.99. The lowest BCUT2D eigenvalue weighted by molar-refractivity contribution is -0.137. The van der Waals surface area contributed by atoms with Crippen LogP contribution in [0, 0.1) is 0 Å². The molecule has 0 aliphatic rings. The molecule has 0 amide bonds. The van der Waals surface area contributed by atoms with Crippen molar-refractivity contribution in [2.24, 2.45) is 0 Å². The molecule has 1 rings (SSSR count). The number of rotatable bonds is 2. The fraction of sp³-hybridized carbons (Fsp3) is 0.444. The van der Waals surface area contributed by atoms with E-state index < -0.39 is 11.7 Å². The van der Waals surface area contributed by atoms with Crippen molar-refractivity contribution in [2.45, 2.75) is 13.1 Å². The molecular formula is C9H11F3N2. The summed E-state index contributed by atoms with van der Waals surface area (Å²) in [6.45, 7) is 2.29. The van der Waals surface area contributed by atoms with E-state index >= 15 is 0 Å². The number of hydrogen-bond acceptors (Lipinski definition) is 2. The topological polar surface area (TPSA) is 16.1 Å². The zero-order chi connectivity index (χ0) is 10.8. The monoisotopic (exact) mass is 204 g/mol. The lowest BCUT2D eigenvalue weighted by Crippen LogP contribution is -2.20. The van der Waals surface area contributed by atoms with Crippen LogP contribution in [0.1, 0.15) is 12.5 Å². The van der Waals surface area contributed by atoms with E-state index in [-0.39, 0.29) is 5.69 Å². The van der Waals surface area contributed by atoms with Gasteiger partial charge in [-0.1, -0.05) is 0 Å². The molecule has 0 aliphatic heterocycles. The quantitative estimate of drug-likeness (QED) is 0.736. The Labute approximate surface area is 80.4 Å². The molecule has 0 bridgehead atoms. The summed E-state index contributed by atoms with van der Waals surface area (Å²) in [5.41, 5.74) is -0.528. The fourth-order valence-corrected chi connectivity index (χ4v) is 1.10. The Morgan fingerprint density at radius 2 is 2.07 bits per heavy atom. The van der Waals surface area contributed by atoms with Gasteiger partial charge in [-0.2, -0.15) is 13.2 Å². The van der Waals surface area contributed by atoms with E-state index in [9.17, 15) is 13.2 Å². The minimum absolute atomic E-state index is 0.113. The maximum atomic E-state index is 12.5. The van der Waals surface area contributed by atoms with Gasteiger partial charge in [0.15, 0.2) is 0 Å². The van der Waals surface area contributed by atoms with Gasteiger partial charge >= 0.3 is 6.18 Å². The molecule has 0 fully saturated rings. The van der Waals surface area contributed by atoms with Crippen LogP contribution in [0.4, 0.5) is 18.9 Å². The minimum atomic E-state index is -4.32. The van der Waals surface area contributed by atoms with Gasteiger partial charge in [-0.3, -0.25) is 4.98 Å². The number of alkyl halides is 3. The van der Waals surface area contributed by atoms with Crippen LogP contribution < -0.4 is 4.90 Å². The van der Waals surface area contributed by atoms with Gasteiger partial charge in [0, 0.05) is 19.8 Å². The van der Waals surface area contributed by atoms with Gasteiger partial charge in [0.2, 0.25) is 0 Å². The molecule has 1 aromatic heterocycles. The first-order valence-corrected chi connectivity index (χ1v) is 4.19. The van der Waals surface area contributed by atoms with Gasteiger partial charge in [-0.25, -0.2) is 0 Å². The van der Waals surface area contributed by atoms with Crippen LogP contribution in [0.3, 0.4) is 0 Å². The number of hydrogen-bond donors (Lipinski definition) is 0. The Hall–Kier alpha value is -1.26. The molecule has 1 aromatic rings. The number of anilines is 1. The molecule has 1 heterocycles. The first-order valence-electron chi connectivity index (χ1n) is 4.19. The van der Waals surface area contributed by atoms with Gasteiger partial charge in [-0.15, -0.1) is 0 Å². The van der Waals surface area contributed by atoms with Crippen LogP contribution >= 0.6 is 0 Å².